The van der Waals surface area contributed by atoms with Gasteiger partial charge in [0.05, 0.1) is 6.54 Å². The van der Waals surface area contributed by atoms with Gasteiger partial charge < -0.3 is 10.6 Å². The highest BCUT2D eigenvalue weighted by atomic mass is 35.5. The lowest BCUT2D eigenvalue weighted by Crippen LogP contribution is -2.51. The Balaban J connectivity index is 0.00000200. The zero-order valence-electron chi connectivity index (χ0n) is 12.2. The van der Waals surface area contributed by atoms with Crippen LogP contribution in [0.4, 0.5) is 5.69 Å². The molecule has 0 saturated carbocycles. The van der Waals surface area contributed by atoms with Crippen molar-refractivity contribution in [1.82, 2.24) is 10.2 Å². The molecule has 0 spiro atoms. The number of nitrogens with zero attached hydrogens (tertiary/aromatic N) is 1. The average Bonchev–Trinajstić information content (AvgIpc) is 2.42. The molecule has 1 amide bonds. The first-order chi connectivity index (χ1) is 9.19. The molecule has 1 aromatic carbocycles. The van der Waals surface area contributed by atoms with E-state index >= 15 is 0 Å². The maximum Gasteiger partial charge on any atom is 0.238 e. The van der Waals surface area contributed by atoms with E-state index in [1.165, 1.54) is 5.56 Å². The van der Waals surface area contributed by atoms with Crippen LogP contribution < -0.4 is 10.6 Å². The quantitative estimate of drug-likeness (QED) is 0.892. The Morgan fingerprint density at radius 3 is 2.70 bits per heavy atom. The summed E-state index contributed by atoms with van der Waals surface area (Å²) >= 11 is 0. The Morgan fingerprint density at radius 1 is 1.40 bits per heavy atom. The summed E-state index contributed by atoms with van der Waals surface area (Å²) in [6.07, 6.45) is 1.02. The van der Waals surface area contributed by atoms with Gasteiger partial charge in [-0.25, -0.2) is 0 Å². The van der Waals surface area contributed by atoms with Crippen molar-refractivity contribution < 1.29 is 4.79 Å². The van der Waals surface area contributed by atoms with Gasteiger partial charge in [-0.15, -0.1) is 12.4 Å². The summed E-state index contributed by atoms with van der Waals surface area (Å²) in [6.45, 7) is 7.60. The molecule has 2 rings (SSSR count). The molecule has 1 atom stereocenters. The van der Waals surface area contributed by atoms with Crippen LogP contribution in [0.5, 0.6) is 0 Å². The SMILES string of the molecule is CCc1ccc(NC(=O)CN2CCNC[C@@H]2C)cc1.Cl. The largest absolute Gasteiger partial charge is 0.325 e. The minimum Gasteiger partial charge on any atom is -0.325 e. The van der Waals surface area contributed by atoms with Gasteiger partial charge in [-0.05, 0) is 31.0 Å². The average molecular weight is 298 g/mol. The van der Waals surface area contributed by atoms with E-state index in [1.807, 2.05) is 12.1 Å². The summed E-state index contributed by atoms with van der Waals surface area (Å²) in [6, 6.07) is 8.48. The summed E-state index contributed by atoms with van der Waals surface area (Å²) in [5.41, 5.74) is 2.17. The fourth-order valence-corrected chi connectivity index (χ4v) is 2.33. The van der Waals surface area contributed by atoms with Gasteiger partial charge in [0, 0.05) is 31.4 Å². The van der Waals surface area contributed by atoms with Crippen molar-refractivity contribution in [2.24, 2.45) is 0 Å². The number of piperazine rings is 1. The van der Waals surface area contributed by atoms with Crippen LogP contribution in [0, 0.1) is 0 Å². The first-order valence-electron chi connectivity index (χ1n) is 7.02. The number of halogens is 1. The molecule has 1 fully saturated rings. The van der Waals surface area contributed by atoms with Gasteiger partial charge in [0.2, 0.25) is 5.91 Å². The summed E-state index contributed by atoms with van der Waals surface area (Å²) in [7, 11) is 0. The van der Waals surface area contributed by atoms with Crippen molar-refractivity contribution in [2.75, 3.05) is 31.5 Å². The highest BCUT2D eigenvalue weighted by Crippen LogP contribution is 2.10. The summed E-state index contributed by atoms with van der Waals surface area (Å²) in [5.74, 6) is 0.0676. The molecular weight excluding hydrogens is 274 g/mol. The van der Waals surface area contributed by atoms with Crippen molar-refractivity contribution in [3.8, 4) is 0 Å². The van der Waals surface area contributed by atoms with Crippen molar-refractivity contribution >= 4 is 24.0 Å². The first-order valence-corrected chi connectivity index (χ1v) is 7.02. The molecule has 5 heteroatoms. The van der Waals surface area contributed by atoms with Gasteiger partial charge >= 0.3 is 0 Å². The van der Waals surface area contributed by atoms with Crippen LogP contribution in [-0.4, -0.2) is 43.0 Å². The third kappa shape index (κ3) is 4.78. The van der Waals surface area contributed by atoms with Gasteiger partial charge in [0.25, 0.3) is 0 Å². The van der Waals surface area contributed by atoms with E-state index in [0.717, 1.165) is 31.7 Å². The number of rotatable bonds is 4. The number of nitrogens with one attached hydrogen (secondary N) is 2. The minimum atomic E-state index is 0. The standard InChI is InChI=1S/C15H23N3O.ClH/c1-3-13-4-6-14(7-5-13)17-15(19)11-18-9-8-16-10-12(18)2;/h4-7,12,16H,3,8-11H2,1-2H3,(H,17,19);1H/t12-;/m0./s1. The number of hydrogen-bond donors (Lipinski definition) is 2. The van der Waals surface area contributed by atoms with E-state index in [-0.39, 0.29) is 18.3 Å². The van der Waals surface area contributed by atoms with Crippen molar-refractivity contribution in [3.05, 3.63) is 29.8 Å². The Bertz CT molecular complexity index is 422. The van der Waals surface area contributed by atoms with Crippen molar-refractivity contribution in [2.45, 2.75) is 26.3 Å². The molecule has 0 bridgehead atoms. The van der Waals surface area contributed by atoms with Gasteiger partial charge in [0.15, 0.2) is 0 Å². The Kier molecular flexibility index (Phi) is 6.99. The van der Waals surface area contributed by atoms with Crippen LogP contribution in [0.3, 0.4) is 0 Å². The maximum absolute atomic E-state index is 12.0. The Labute approximate surface area is 127 Å². The number of hydrogen-bond acceptors (Lipinski definition) is 3. The van der Waals surface area contributed by atoms with Gasteiger partial charge in [0.1, 0.15) is 0 Å². The number of carbonyl (C=O) groups excluding carboxylic acids is 1. The molecule has 1 aromatic rings. The second-order valence-corrected chi connectivity index (χ2v) is 5.12. The highest BCUT2D eigenvalue weighted by molar-refractivity contribution is 5.92. The van der Waals surface area contributed by atoms with Crippen molar-refractivity contribution in [1.29, 1.82) is 0 Å². The van der Waals surface area contributed by atoms with Gasteiger partial charge in [-0.2, -0.15) is 0 Å². The lowest BCUT2D eigenvalue weighted by atomic mass is 10.1. The molecule has 0 unspecified atom stereocenters. The Morgan fingerprint density at radius 2 is 2.10 bits per heavy atom. The second-order valence-electron chi connectivity index (χ2n) is 5.12. The molecule has 1 aliphatic rings. The second kappa shape index (κ2) is 8.25. The summed E-state index contributed by atoms with van der Waals surface area (Å²) < 4.78 is 0. The lowest BCUT2D eigenvalue weighted by molar-refractivity contribution is -0.118. The molecule has 0 radical (unpaired) electrons. The van der Waals surface area contributed by atoms with Crippen LogP contribution in [0.15, 0.2) is 24.3 Å². The first kappa shape index (κ1) is 17.0. The summed E-state index contributed by atoms with van der Waals surface area (Å²) in [5, 5.41) is 6.29. The van der Waals surface area contributed by atoms with Crippen LogP contribution >= 0.6 is 12.4 Å². The van der Waals surface area contributed by atoms with Crippen LogP contribution in [-0.2, 0) is 11.2 Å². The highest BCUT2D eigenvalue weighted by Gasteiger charge is 2.20. The minimum absolute atomic E-state index is 0. The van der Waals surface area contributed by atoms with E-state index in [0.29, 0.717) is 12.6 Å². The molecular formula is C15H24ClN3O. The molecule has 0 aliphatic carbocycles. The van der Waals surface area contributed by atoms with E-state index in [2.05, 4.69) is 41.5 Å². The predicted molar refractivity (Wildman–Crippen MR) is 85.6 cm³/mol. The van der Waals surface area contributed by atoms with Gasteiger partial charge in [-0.1, -0.05) is 19.1 Å². The topological polar surface area (TPSA) is 44.4 Å². The number of benzene rings is 1. The molecule has 20 heavy (non-hydrogen) atoms. The lowest BCUT2D eigenvalue weighted by Gasteiger charge is -2.33. The number of aryl methyl sites for hydroxylation is 1. The van der Waals surface area contributed by atoms with E-state index in [1.54, 1.807) is 0 Å². The third-order valence-electron chi connectivity index (χ3n) is 3.63. The van der Waals surface area contributed by atoms with Crippen LogP contribution in [0.2, 0.25) is 0 Å². The number of carbonyl (C=O) groups is 1. The predicted octanol–water partition coefficient (Wildman–Crippen LogP) is 1.90. The fraction of sp³-hybridized carbons (Fsp3) is 0.533. The third-order valence-corrected chi connectivity index (χ3v) is 3.63. The molecule has 2 N–H and O–H groups in total. The van der Waals surface area contributed by atoms with Crippen LogP contribution in [0.1, 0.15) is 19.4 Å². The summed E-state index contributed by atoms with van der Waals surface area (Å²) in [4.78, 5) is 14.2. The van der Waals surface area contributed by atoms with E-state index in [9.17, 15) is 4.79 Å². The van der Waals surface area contributed by atoms with Crippen molar-refractivity contribution in [3.63, 3.8) is 0 Å². The van der Waals surface area contributed by atoms with Gasteiger partial charge in [-0.3, -0.25) is 9.69 Å². The monoisotopic (exact) mass is 297 g/mol. The number of amides is 1. The van der Waals surface area contributed by atoms with E-state index < -0.39 is 0 Å². The number of anilines is 1. The van der Waals surface area contributed by atoms with E-state index in [4.69, 9.17) is 0 Å². The normalized spacial score (nSPS) is 19.2. The molecule has 112 valence electrons. The molecule has 4 nitrogen and oxygen atoms in total. The zero-order chi connectivity index (χ0) is 13.7. The molecule has 0 aromatic heterocycles. The van der Waals surface area contributed by atoms with Crippen LogP contribution in [0.25, 0.3) is 0 Å². The smallest absolute Gasteiger partial charge is 0.238 e. The maximum atomic E-state index is 12.0. The molecule has 1 aliphatic heterocycles. The molecule has 1 heterocycles. The fourth-order valence-electron chi connectivity index (χ4n) is 2.33. The zero-order valence-corrected chi connectivity index (χ0v) is 13.0. The molecule has 1 saturated heterocycles. The Hall–Kier alpha value is -1.10.